The number of rotatable bonds is 5. The zero-order valence-corrected chi connectivity index (χ0v) is 13.9. The summed E-state index contributed by atoms with van der Waals surface area (Å²) in [6.45, 7) is 1.23. The standard InChI is InChI=1S/C18H20N2O2S/c1-20(13-11-15-6-3-2-4-7-15)23(21,22)17-9-10-18-16(14-17)8-5-12-19-18/h2-10,14,19H,11-13H2,1H3. The molecule has 0 bridgehead atoms. The van der Waals surface area contributed by atoms with Crippen LogP contribution in [0.1, 0.15) is 11.1 Å². The van der Waals surface area contributed by atoms with Crippen LogP contribution in [0.2, 0.25) is 0 Å². The van der Waals surface area contributed by atoms with Crippen molar-refractivity contribution in [3.8, 4) is 0 Å². The van der Waals surface area contributed by atoms with Gasteiger partial charge in [-0.25, -0.2) is 12.7 Å². The van der Waals surface area contributed by atoms with Crippen molar-refractivity contribution in [2.24, 2.45) is 0 Å². The van der Waals surface area contributed by atoms with E-state index in [1.807, 2.05) is 48.6 Å². The minimum atomic E-state index is -3.47. The summed E-state index contributed by atoms with van der Waals surface area (Å²) in [5.74, 6) is 0. The van der Waals surface area contributed by atoms with Crippen LogP contribution in [0.5, 0.6) is 0 Å². The third-order valence-electron chi connectivity index (χ3n) is 4.00. The minimum absolute atomic E-state index is 0.333. The van der Waals surface area contributed by atoms with Crippen LogP contribution in [-0.4, -0.2) is 32.9 Å². The van der Waals surface area contributed by atoms with E-state index in [-0.39, 0.29) is 0 Å². The Kier molecular flexibility index (Phi) is 4.50. The number of sulfonamides is 1. The van der Waals surface area contributed by atoms with Crippen LogP contribution >= 0.6 is 0 Å². The SMILES string of the molecule is CN(CCc1ccccc1)S(=O)(=O)c1ccc2c(c1)C=CCN2. The molecular formula is C18H20N2O2S. The quantitative estimate of drug-likeness (QED) is 0.918. The monoisotopic (exact) mass is 328 g/mol. The summed E-state index contributed by atoms with van der Waals surface area (Å²) in [5, 5.41) is 3.22. The van der Waals surface area contributed by atoms with Gasteiger partial charge in [-0.2, -0.15) is 0 Å². The molecule has 0 spiro atoms. The molecule has 3 rings (SSSR count). The lowest BCUT2D eigenvalue weighted by Crippen LogP contribution is -2.29. The molecule has 0 fully saturated rings. The maximum Gasteiger partial charge on any atom is 0.242 e. The van der Waals surface area contributed by atoms with Crippen molar-refractivity contribution in [1.29, 1.82) is 0 Å². The number of nitrogens with zero attached hydrogens (tertiary/aromatic N) is 1. The summed E-state index contributed by atoms with van der Waals surface area (Å²) in [5.41, 5.74) is 3.01. The molecule has 0 atom stereocenters. The third-order valence-corrected chi connectivity index (χ3v) is 5.85. The van der Waals surface area contributed by atoms with Gasteiger partial charge in [-0.1, -0.05) is 42.5 Å². The molecule has 2 aromatic rings. The van der Waals surface area contributed by atoms with Crippen molar-refractivity contribution in [1.82, 2.24) is 4.31 Å². The first-order valence-corrected chi connectivity index (χ1v) is 9.06. The molecule has 120 valence electrons. The molecule has 1 heterocycles. The first kappa shape index (κ1) is 15.8. The van der Waals surface area contributed by atoms with Crippen molar-refractivity contribution in [2.75, 3.05) is 25.5 Å². The van der Waals surface area contributed by atoms with E-state index >= 15 is 0 Å². The fourth-order valence-corrected chi connectivity index (χ4v) is 3.79. The summed E-state index contributed by atoms with van der Waals surface area (Å²) >= 11 is 0. The molecule has 4 nitrogen and oxygen atoms in total. The molecule has 0 unspecified atom stereocenters. The van der Waals surface area contributed by atoms with E-state index in [0.717, 1.165) is 23.4 Å². The molecule has 1 aliphatic heterocycles. The Bertz CT molecular complexity index is 814. The number of nitrogens with one attached hydrogen (secondary N) is 1. The molecule has 1 N–H and O–H groups in total. The first-order chi connectivity index (χ1) is 11.1. The highest BCUT2D eigenvalue weighted by atomic mass is 32.2. The average Bonchev–Trinajstić information content (AvgIpc) is 2.60. The lowest BCUT2D eigenvalue weighted by molar-refractivity contribution is 0.472. The highest BCUT2D eigenvalue weighted by Gasteiger charge is 2.21. The molecule has 0 saturated heterocycles. The molecule has 1 aliphatic rings. The van der Waals surface area contributed by atoms with Gasteiger partial charge in [0.15, 0.2) is 0 Å². The van der Waals surface area contributed by atoms with Gasteiger partial charge in [-0.3, -0.25) is 0 Å². The predicted octanol–water partition coefficient (Wildman–Crippen LogP) is 2.99. The molecular weight excluding hydrogens is 308 g/mol. The van der Waals surface area contributed by atoms with Crippen LogP contribution < -0.4 is 5.32 Å². The molecule has 0 aromatic heterocycles. The summed E-state index contributed by atoms with van der Waals surface area (Å²) in [6.07, 6.45) is 4.63. The number of fused-ring (bicyclic) bond motifs is 1. The van der Waals surface area contributed by atoms with E-state index in [2.05, 4.69) is 5.32 Å². The second-order valence-electron chi connectivity index (χ2n) is 5.59. The zero-order chi connectivity index (χ0) is 16.3. The number of anilines is 1. The van der Waals surface area contributed by atoms with Gasteiger partial charge < -0.3 is 5.32 Å². The Morgan fingerprint density at radius 2 is 1.91 bits per heavy atom. The van der Waals surface area contributed by atoms with Crippen LogP contribution in [0.15, 0.2) is 59.5 Å². The van der Waals surface area contributed by atoms with Crippen LogP contribution in [0.25, 0.3) is 6.08 Å². The van der Waals surface area contributed by atoms with Gasteiger partial charge in [-0.05, 0) is 35.7 Å². The van der Waals surface area contributed by atoms with Crippen LogP contribution in [-0.2, 0) is 16.4 Å². The van der Waals surface area contributed by atoms with Crippen LogP contribution in [0.4, 0.5) is 5.69 Å². The maximum absolute atomic E-state index is 12.7. The van der Waals surface area contributed by atoms with E-state index < -0.39 is 10.0 Å². The maximum atomic E-state index is 12.7. The second-order valence-corrected chi connectivity index (χ2v) is 7.64. The van der Waals surface area contributed by atoms with E-state index in [1.165, 1.54) is 4.31 Å². The largest absolute Gasteiger partial charge is 0.381 e. The van der Waals surface area contributed by atoms with E-state index in [0.29, 0.717) is 17.9 Å². The van der Waals surface area contributed by atoms with E-state index in [1.54, 1.807) is 19.2 Å². The molecule has 2 aromatic carbocycles. The topological polar surface area (TPSA) is 49.4 Å². The predicted molar refractivity (Wildman–Crippen MR) is 93.9 cm³/mol. The van der Waals surface area contributed by atoms with Crippen LogP contribution in [0.3, 0.4) is 0 Å². The Labute approximate surface area is 137 Å². The molecule has 5 heteroatoms. The van der Waals surface area contributed by atoms with E-state index in [4.69, 9.17) is 0 Å². The second kappa shape index (κ2) is 6.56. The number of hydrogen-bond acceptors (Lipinski definition) is 3. The summed E-state index contributed by atoms with van der Waals surface area (Å²) in [4.78, 5) is 0.333. The smallest absolute Gasteiger partial charge is 0.242 e. The molecule has 23 heavy (non-hydrogen) atoms. The fraction of sp³-hybridized carbons (Fsp3) is 0.222. The van der Waals surface area contributed by atoms with Crippen molar-refractivity contribution in [2.45, 2.75) is 11.3 Å². The lowest BCUT2D eigenvalue weighted by Gasteiger charge is -2.19. The van der Waals surface area contributed by atoms with Crippen LogP contribution in [0, 0.1) is 0 Å². The average molecular weight is 328 g/mol. The van der Waals surface area contributed by atoms with E-state index in [9.17, 15) is 8.42 Å². The Morgan fingerprint density at radius 3 is 2.70 bits per heavy atom. The third kappa shape index (κ3) is 3.46. The zero-order valence-electron chi connectivity index (χ0n) is 13.1. The van der Waals surface area contributed by atoms with Gasteiger partial charge in [0, 0.05) is 25.8 Å². The fourth-order valence-electron chi connectivity index (χ4n) is 2.59. The Morgan fingerprint density at radius 1 is 1.13 bits per heavy atom. The summed E-state index contributed by atoms with van der Waals surface area (Å²) in [7, 11) is -1.84. The van der Waals surface area contributed by atoms with Gasteiger partial charge in [-0.15, -0.1) is 0 Å². The van der Waals surface area contributed by atoms with Gasteiger partial charge in [0.1, 0.15) is 0 Å². The normalized spacial score (nSPS) is 13.7. The highest BCUT2D eigenvalue weighted by molar-refractivity contribution is 7.89. The van der Waals surface area contributed by atoms with Crippen molar-refractivity contribution in [3.05, 3.63) is 65.7 Å². The molecule has 0 radical (unpaired) electrons. The molecule has 0 saturated carbocycles. The number of likely N-dealkylation sites (N-methyl/N-ethyl adjacent to an activating group) is 1. The van der Waals surface area contributed by atoms with Crippen molar-refractivity contribution in [3.63, 3.8) is 0 Å². The first-order valence-electron chi connectivity index (χ1n) is 7.62. The van der Waals surface area contributed by atoms with Crippen molar-refractivity contribution < 1.29 is 8.42 Å². The van der Waals surface area contributed by atoms with Gasteiger partial charge in [0.2, 0.25) is 10.0 Å². The summed E-state index contributed by atoms with van der Waals surface area (Å²) < 4.78 is 26.9. The highest BCUT2D eigenvalue weighted by Crippen LogP contribution is 2.25. The van der Waals surface area contributed by atoms with Gasteiger partial charge in [0.05, 0.1) is 4.90 Å². The summed E-state index contributed by atoms with van der Waals surface area (Å²) in [6, 6.07) is 15.1. The molecule has 0 amide bonds. The Balaban J connectivity index is 1.77. The lowest BCUT2D eigenvalue weighted by atomic mass is 10.1. The number of hydrogen-bond donors (Lipinski definition) is 1. The number of benzene rings is 2. The molecule has 0 aliphatic carbocycles. The Hall–Kier alpha value is -2.11. The van der Waals surface area contributed by atoms with Gasteiger partial charge >= 0.3 is 0 Å². The minimum Gasteiger partial charge on any atom is -0.381 e. The van der Waals surface area contributed by atoms with Crippen molar-refractivity contribution >= 4 is 21.8 Å². The van der Waals surface area contributed by atoms with Gasteiger partial charge in [0.25, 0.3) is 0 Å².